The van der Waals surface area contributed by atoms with Crippen molar-refractivity contribution in [3.8, 4) is 0 Å². The van der Waals surface area contributed by atoms with E-state index in [4.69, 9.17) is 10.5 Å². The van der Waals surface area contributed by atoms with Gasteiger partial charge in [-0.1, -0.05) is 12.1 Å². The van der Waals surface area contributed by atoms with Gasteiger partial charge in [-0.2, -0.15) is 13.2 Å². The van der Waals surface area contributed by atoms with Crippen LogP contribution in [0.25, 0.3) is 0 Å². The molecular formula is C12H12F3NO2. The van der Waals surface area contributed by atoms with Crippen LogP contribution >= 0.6 is 0 Å². The molecule has 0 bridgehead atoms. The van der Waals surface area contributed by atoms with Crippen LogP contribution < -0.4 is 5.73 Å². The lowest BCUT2D eigenvalue weighted by atomic mass is 9.89. The van der Waals surface area contributed by atoms with E-state index < -0.39 is 17.3 Å². The summed E-state index contributed by atoms with van der Waals surface area (Å²) in [6.45, 7) is 0.496. The minimum Gasteiger partial charge on any atom is -0.379 e. The van der Waals surface area contributed by atoms with E-state index in [-0.39, 0.29) is 18.0 Å². The Balaban J connectivity index is 2.22. The zero-order valence-corrected chi connectivity index (χ0v) is 9.46. The Kier molecular flexibility index (Phi) is 3.16. The highest BCUT2D eigenvalue weighted by Gasteiger charge is 2.39. The normalized spacial score (nSPS) is 24.2. The fourth-order valence-corrected chi connectivity index (χ4v) is 1.86. The smallest absolute Gasteiger partial charge is 0.379 e. The molecular weight excluding hydrogens is 247 g/mol. The third kappa shape index (κ3) is 2.39. The molecule has 18 heavy (non-hydrogen) atoms. The van der Waals surface area contributed by atoms with Gasteiger partial charge in [0.25, 0.3) is 0 Å². The van der Waals surface area contributed by atoms with Gasteiger partial charge in [-0.3, -0.25) is 4.79 Å². The van der Waals surface area contributed by atoms with Crippen molar-refractivity contribution in [1.82, 2.24) is 0 Å². The van der Waals surface area contributed by atoms with Crippen LogP contribution in [0.4, 0.5) is 13.2 Å². The van der Waals surface area contributed by atoms with Gasteiger partial charge in [0.1, 0.15) is 5.54 Å². The molecule has 1 aromatic rings. The third-order valence-corrected chi connectivity index (χ3v) is 2.98. The summed E-state index contributed by atoms with van der Waals surface area (Å²) >= 11 is 0. The molecule has 1 fully saturated rings. The van der Waals surface area contributed by atoms with Gasteiger partial charge in [-0.05, 0) is 18.6 Å². The molecule has 1 atom stereocenters. The first-order valence-corrected chi connectivity index (χ1v) is 5.42. The lowest BCUT2D eigenvalue weighted by Gasteiger charge is -2.20. The van der Waals surface area contributed by atoms with Crippen molar-refractivity contribution in [3.05, 3.63) is 35.4 Å². The number of ether oxygens (including phenoxy) is 1. The average molecular weight is 259 g/mol. The molecule has 0 saturated carbocycles. The second-order valence-corrected chi connectivity index (χ2v) is 4.36. The van der Waals surface area contributed by atoms with Crippen molar-refractivity contribution >= 4 is 5.78 Å². The first kappa shape index (κ1) is 13.0. The Bertz CT molecular complexity index is 447. The minimum absolute atomic E-state index is 0.104. The highest BCUT2D eigenvalue weighted by Crippen LogP contribution is 2.30. The largest absolute Gasteiger partial charge is 0.416 e. The predicted molar refractivity (Wildman–Crippen MR) is 58.1 cm³/mol. The van der Waals surface area contributed by atoms with E-state index in [1.54, 1.807) is 0 Å². The van der Waals surface area contributed by atoms with Gasteiger partial charge in [0, 0.05) is 12.2 Å². The monoisotopic (exact) mass is 259 g/mol. The van der Waals surface area contributed by atoms with Crippen molar-refractivity contribution in [2.75, 3.05) is 13.2 Å². The van der Waals surface area contributed by atoms with Crippen LogP contribution in [0.15, 0.2) is 24.3 Å². The molecule has 1 aromatic carbocycles. The second-order valence-electron chi connectivity index (χ2n) is 4.36. The van der Waals surface area contributed by atoms with Crippen LogP contribution in [0.3, 0.4) is 0 Å². The number of carbonyl (C=O) groups is 1. The van der Waals surface area contributed by atoms with Crippen LogP contribution in [0.2, 0.25) is 0 Å². The highest BCUT2D eigenvalue weighted by molar-refractivity contribution is 6.03. The molecule has 2 N–H and O–H groups in total. The molecule has 1 heterocycles. The van der Waals surface area contributed by atoms with Gasteiger partial charge >= 0.3 is 6.18 Å². The van der Waals surface area contributed by atoms with Crippen molar-refractivity contribution in [3.63, 3.8) is 0 Å². The predicted octanol–water partition coefficient (Wildman–Crippen LogP) is 2.01. The SMILES string of the molecule is NC1(C(=O)c2ccc(C(F)(F)F)cc2)CCOC1. The Morgan fingerprint density at radius 2 is 1.89 bits per heavy atom. The van der Waals surface area contributed by atoms with Crippen molar-refractivity contribution < 1.29 is 22.7 Å². The summed E-state index contributed by atoms with van der Waals surface area (Å²) in [4.78, 5) is 12.0. The highest BCUT2D eigenvalue weighted by atomic mass is 19.4. The van der Waals surface area contributed by atoms with Gasteiger partial charge in [-0.15, -0.1) is 0 Å². The number of nitrogens with two attached hydrogens (primary N) is 1. The number of Topliss-reactive ketones (excluding diaryl/α,β-unsaturated/α-hetero) is 1. The quantitative estimate of drug-likeness (QED) is 0.826. The van der Waals surface area contributed by atoms with E-state index in [9.17, 15) is 18.0 Å². The molecule has 0 aliphatic carbocycles. The van der Waals surface area contributed by atoms with E-state index in [1.807, 2.05) is 0 Å². The van der Waals surface area contributed by atoms with Crippen molar-refractivity contribution in [1.29, 1.82) is 0 Å². The molecule has 1 saturated heterocycles. The molecule has 98 valence electrons. The van der Waals surface area contributed by atoms with Crippen LogP contribution in [-0.4, -0.2) is 24.5 Å². The van der Waals surface area contributed by atoms with E-state index in [2.05, 4.69) is 0 Å². The summed E-state index contributed by atoms with van der Waals surface area (Å²) in [5, 5.41) is 0. The number of carbonyl (C=O) groups excluding carboxylic acids is 1. The van der Waals surface area contributed by atoms with Crippen molar-refractivity contribution in [2.45, 2.75) is 18.1 Å². The summed E-state index contributed by atoms with van der Waals surface area (Å²) in [5.41, 5.74) is 4.14. The Hall–Kier alpha value is -1.40. The lowest BCUT2D eigenvalue weighted by Crippen LogP contribution is -2.48. The summed E-state index contributed by atoms with van der Waals surface area (Å²) < 4.78 is 42.2. The van der Waals surface area contributed by atoms with Crippen LogP contribution in [0.5, 0.6) is 0 Å². The summed E-state index contributed by atoms with van der Waals surface area (Å²) in [7, 11) is 0. The molecule has 1 unspecified atom stereocenters. The molecule has 1 aliphatic rings. The fraction of sp³-hybridized carbons (Fsp3) is 0.417. The number of ketones is 1. The van der Waals surface area contributed by atoms with E-state index >= 15 is 0 Å². The molecule has 0 spiro atoms. The molecule has 0 aromatic heterocycles. The average Bonchev–Trinajstić information content (AvgIpc) is 2.75. The zero-order valence-electron chi connectivity index (χ0n) is 9.46. The summed E-state index contributed by atoms with van der Waals surface area (Å²) in [6, 6.07) is 4.06. The van der Waals surface area contributed by atoms with Crippen LogP contribution in [0.1, 0.15) is 22.3 Å². The number of alkyl halides is 3. The van der Waals surface area contributed by atoms with E-state index in [0.717, 1.165) is 24.3 Å². The molecule has 0 radical (unpaired) electrons. The van der Waals surface area contributed by atoms with E-state index in [1.165, 1.54) is 0 Å². The van der Waals surface area contributed by atoms with E-state index in [0.29, 0.717) is 13.0 Å². The standard InChI is InChI=1S/C12H12F3NO2/c13-12(14,15)9-3-1-8(2-4-9)10(17)11(16)5-6-18-7-11/h1-4H,5-7,16H2. The molecule has 3 nitrogen and oxygen atoms in total. The number of benzene rings is 1. The van der Waals surface area contributed by atoms with Gasteiger partial charge in [0.2, 0.25) is 0 Å². The number of rotatable bonds is 2. The van der Waals surface area contributed by atoms with Gasteiger partial charge in [0.15, 0.2) is 5.78 Å². The minimum atomic E-state index is -4.40. The van der Waals surface area contributed by atoms with Gasteiger partial charge in [0.05, 0.1) is 12.2 Å². The zero-order chi connectivity index (χ0) is 13.4. The molecule has 6 heteroatoms. The van der Waals surface area contributed by atoms with Crippen molar-refractivity contribution in [2.24, 2.45) is 5.73 Å². The fourth-order valence-electron chi connectivity index (χ4n) is 1.86. The Morgan fingerprint density at radius 1 is 1.28 bits per heavy atom. The second kappa shape index (κ2) is 4.37. The molecule has 1 aliphatic heterocycles. The third-order valence-electron chi connectivity index (χ3n) is 2.98. The number of halogens is 3. The van der Waals surface area contributed by atoms with Crippen LogP contribution in [-0.2, 0) is 10.9 Å². The first-order chi connectivity index (χ1) is 8.33. The Labute approximate surface area is 102 Å². The maximum Gasteiger partial charge on any atom is 0.416 e. The maximum atomic E-state index is 12.4. The topological polar surface area (TPSA) is 52.3 Å². The summed E-state index contributed by atoms with van der Waals surface area (Å²) in [5.74, 6) is -0.381. The number of hydrogen-bond acceptors (Lipinski definition) is 3. The maximum absolute atomic E-state index is 12.4. The summed E-state index contributed by atoms with van der Waals surface area (Å²) in [6.07, 6.45) is -4.02. The lowest BCUT2D eigenvalue weighted by molar-refractivity contribution is -0.137. The number of hydrogen-bond donors (Lipinski definition) is 1. The molecule has 0 amide bonds. The molecule has 2 rings (SSSR count). The van der Waals surface area contributed by atoms with Gasteiger partial charge < -0.3 is 10.5 Å². The van der Waals surface area contributed by atoms with Crippen LogP contribution in [0, 0.1) is 0 Å². The van der Waals surface area contributed by atoms with Gasteiger partial charge in [-0.25, -0.2) is 0 Å². The Morgan fingerprint density at radius 3 is 2.33 bits per heavy atom. The first-order valence-electron chi connectivity index (χ1n) is 5.42.